The Morgan fingerprint density at radius 3 is 2.48 bits per heavy atom. The predicted octanol–water partition coefficient (Wildman–Crippen LogP) is 0.892. The SMILES string of the molecule is CCC(=O)NCC(NC(=O)OCc1ccccc1)C(=O)O. The monoisotopic (exact) mass is 294 g/mol. The van der Waals surface area contributed by atoms with Crippen LogP contribution >= 0.6 is 0 Å². The second-order valence-electron chi connectivity index (χ2n) is 4.25. The number of ether oxygens (including phenoxy) is 1. The van der Waals surface area contributed by atoms with Crippen LogP contribution in [0.15, 0.2) is 30.3 Å². The molecule has 0 spiro atoms. The van der Waals surface area contributed by atoms with Gasteiger partial charge < -0.3 is 20.5 Å². The van der Waals surface area contributed by atoms with Gasteiger partial charge in [-0.3, -0.25) is 4.79 Å². The summed E-state index contributed by atoms with van der Waals surface area (Å²) in [5.74, 6) is -1.54. The molecule has 7 heteroatoms. The minimum absolute atomic E-state index is 0.0420. The van der Waals surface area contributed by atoms with Crippen LogP contribution in [0.1, 0.15) is 18.9 Å². The molecule has 1 unspecified atom stereocenters. The first-order valence-electron chi connectivity index (χ1n) is 6.49. The van der Waals surface area contributed by atoms with E-state index in [-0.39, 0.29) is 25.5 Å². The highest BCUT2D eigenvalue weighted by Crippen LogP contribution is 2.00. The summed E-state index contributed by atoms with van der Waals surface area (Å²) in [5.41, 5.74) is 0.791. The molecule has 1 aromatic rings. The van der Waals surface area contributed by atoms with Crippen LogP contribution in [0, 0.1) is 0 Å². The topological polar surface area (TPSA) is 105 Å². The summed E-state index contributed by atoms with van der Waals surface area (Å²) in [7, 11) is 0. The molecule has 0 bridgehead atoms. The zero-order valence-corrected chi connectivity index (χ0v) is 11.7. The summed E-state index contributed by atoms with van der Waals surface area (Å²) in [6, 6.07) is 7.77. The molecule has 0 aromatic heterocycles. The Hall–Kier alpha value is -2.57. The van der Waals surface area contributed by atoms with Gasteiger partial charge in [-0.05, 0) is 5.56 Å². The summed E-state index contributed by atoms with van der Waals surface area (Å²) in [6.45, 7) is 1.50. The smallest absolute Gasteiger partial charge is 0.408 e. The molecule has 1 atom stereocenters. The van der Waals surface area contributed by atoms with Crippen LogP contribution in [0.2, 0.25) is 0 Å². The van der Waals surface area contributed by atoms with Gasteiger partial charge in [-0.15, -0.1) is 0 Å². The van der Waals surface area contributed by atoms with E-state index >= 15 is 0 Å². The van der Waals surface area contributed by atoms with Crippen LogP contribution in [0.5, 0.6) is 0 Å². The fraction of sp³-hybridized carbons (Fsp3) is 0.357. The van der Waals surface area contributed by atoms with Crippen molar-refractivity contribution in [2.45, 2.75) is 26.0 Å². The predicted molar refractivity (Wildman–Crippen MR) is 74.5 cm³/mol. The van der Waals surface area contributed by atoms with Crippen molar-refractivity contribution in [3.05, 3.63) is 35.9 Å². The molecule has 0 aliphatic heterocycles. The van der Waals surface area contributed by atoms with Crippen LogP contribution < -0.4 is 10.6 Å². The number of hydrogen-bond donors (Lipinski definition) is 3. The molecule has 3 N–H and O–H groups in total. The Morgan fingerprint density at radius 2 is 1.90 bits per heavy atom. The lowest BCUT2D eigenvalue weighted by molar-refractivity contribution is -0.139. The van der Waals surface area contributed by atoms with E-state index in [1.165, 1.54) is 0 Å². The first-order valence-corrected chi connectivity index (χ1v) is 6.49. The number of benzene rings is 1. The zero-order chi connectivity index (χ0) is 15.7. The highest BCUT2D eigenvalue weighted by molar-refractivity contribution is 5.81. The van der Waals surface area contributed by atoms with E-state index in [9.17, 15) is 14.4 Å². The van der Waals surface area contributed by atoms with Gasteiger partial charge in [0.2, 0.25) is 5.91 Å². The number of carboxylic acids is 1. The van der Waals surface area contributed by atoms with Gasteiger partial charge >= 0.3 is 12.1 Å². The third-order valence-electron chi connectivity index (χ3n) is 2.63. The molecule has 7 nitrogen and oxygen atoms in total. The van der Waals surface area contributed by atoms with Crippen LogP contribution in [0.3, 0.4) is 0 Å². The summed E-state index contributed by atoms with van der Waals surface area (Å²) in [5, 5.41) is 13.6. The summed E-state index contributed by atoms with van der Waals surface area (Å²) >= 11 is 0. The largest absolute Gasteiger partial charge is 0.480 e. The van der Waals surface area contributed by atoms with Gasteiger partial charge in [-0.1, -0.05) is 37.3 Å². The number of carboxylic acid groups (broad SMARTS) is 1. The van der Waals surface area contributed by atoms with Gasteiger partial charge in [0.15, 0.2) is 0 Å². The van der Waals surface area contributed by atoms with Crippen LogP contribution in [-0.2, 0) is 20.9 Å². The zero-order valence-electron chi connectivity index (χ0n) is 11.7. The fourth-order valence-corrected chi connectivity index (χ4v) is 1.45. The number of aliphatic carboxylic acids is 1. The molecule has 0 radical (unpaired) electrons. The fourth-order valence-electron chi connectivity index (χ4n) is 1.45. The normalized spacial score (nSPS) is 11.3. The van der Waals surface area contributed by atoms with Gasteiger partial charge in [-0.2, -0.15) is 0 Å². The molecule has 0 saturated carbocycles. The number of alkyl carbamates (subject to hydrolysis) is 1. The molecule has 0 heterocycles. The van der Waals surface area contributed by atoms with Gasteiger partial charge in [-0.25, -0.2) is 9.59 Å². The minimum Gasteiger partial charge on any atom is -0.480 e. The highest BCUT2D eigenvalue weighted by atomic mass is 16.5. The lowest BCUT2D eigenvalue weighted by Crippen LogP contribution is -2.48. The van der Waals surface area contributed by atoms with Crippen LogP contribution in [-0.4, -0.2) is 35.7 Å². The Morgan fingerprint density at radius 1 is 1.24 bits per heavy atom. The average Bonchev–Trinajstić information content (AvgIpc) is 2.49. The highest BCUT2D eigenvalue weighted by Gasteiger charge is 2.21. The van der Waals surface area contributed by atoms with Crippen molar-refractivity contribution in [1.82, 2.24) is 10.6 Å². The average molecular weight is 294 g/mol. The molecule has 114 valence electrons. The lowest BCUT2D eigenvalue weighted by atomic mass is 10.2. The number of carbonyl (C=O) groups is 3. The third-order valence-corrected chi connectivity index (χ3v) is 2.63. The molecule has 1 aromatic carbocycles. The van der Waals surface area contributed by atoms with Crippen molar-refractivity contribution >= 4 is 18.0 Å². The van der Waals surface area contributed by atoms with Gasteiger partial charge in [0.1, 0.15) is 12.6 Å². The standard InChI is InChI=1S/C14H18N2O5/c1-2-12(17)15-8-11(13(18)19)16-14(20)21-9-10-6-4-3-5-7-10/h3-7,11H,2,8-9H2,1H3,(H,15,17)(H,16,20)(H,18,19). The Labute approximate surface area is 122 Å². The lowest BCUT2D eigenvalue weighted by Gasteiger charge is -2.15. The minimum atomic E-state index is -1.25. The van der Waals surface area contributed by atoms with Gasteiger partial charge in [0, 0.05) is 13.0 Å². The molecule has 0 saturated heterocycles. The Kier molecular flexibility index (Phi) is 6.73. The second kappa shape index (κ2) is 8.57. The maximum Gasteiger partial charge on any atom is 0.408 e. The molecule has 0 fully saturated rings. The second-order valence-corrected chi connectivity index (χ2v) is 4.25. The van der Waals surface area contributed by atoms with Crippen molar-refractivity contribution in [3.8, 4) is 0 Å². The van der Waals surface area contributed by atoms with Crippen molar-refractivity contribution < 1.29 is 24.2 Å². The first kappa shape index (κ1) is 16.5. The quantitative estimate of drug-likeness (QED) is 0.692. The first-order chi connectivity index (χ1) is 10.0. The molecular weight excluding hydrogens is 276 g/mol. The number of rotatable bonds is 7. The van der Waals surface area contributed by atoms with Gasteiger partial charge in [0.05, 0.1) is 0 Å². The Balaban J connectivity index is 2.41. The maximum absolute atomic E-state index is 11.5. The molecule has 2 amide bonds. The van der Waals surface area contributed by atoms with E-state index in [1.807, 2.05) is 6.07 Å². The van der Waals surface area contributed by atoms with Crippen LogP contribution in [0.4, 0.5) is 4.79 Å². The summed E-state index contributed by atoms with van der Waals surface area (Å²) < 4.78 is 4.92. The molecule has 0 aliphatic rings. The van der Waals surface area contributed by atoms with E-state index in [0.29, 0.717) is 0 Å². The molecular formula is C14H18N2O5. The molecule has 1 rings (SSSR count). The number of nitrogens with one attached hydrogen (secondary N) is 2. The number of carbonyl (C=O) groups excluding carboxylic acids is 2. The summed E-state index contributed by atoms with van der Waals surface area (Å²) in [4.78, 5) is 33.6. The van der Waals surface area contributed by atoms with Gasteiger partial charge in [0.25, 0.3) is 0 Å². The van der Waals surface area contributed by atoms with Crippen molar-refractivity contribution in [2.75, 3.05) is 6.54 Å². The van der Waals surface area contributed by atoms with E-state index in [0.717, 1.165) is 5.56 Å². The van der Waals surface area contributed by atoms with E-state index in [4.69, 9.17) is 9.84 Å². The number of amides is 2. The number of hydrogen-bond acceptors (Lipinski definition) is 4. The molecule has 0 aliphatic carbocycles. The summed E-state index contributed by atoms with van der Waals surface area (Å²) in [6.07, 6.45) is -0.609. The van der Waals surface area contributed by atoms with Crippen molar-refractivity contribution in [1.29, 1.82) is 0 Å². The van der Waals surface area contributed by atoms with Crippen molar-refractivity contribution in [3.63, 3.8) is 0 Å². The molecule has 21 heavy (non-hydrogen) atoms. The van der Waals surface area contributed by atoms with Crippen molar-refractivity contribution in [2.24, 2.45) is 0 Å². The van der Waals surface area contributed by atoms with E-state index < -0.39 is 18.1 Å². The third kappa shape index (κ3) is 6.42. The maximum atomic E-state index is 11.5. The van der Waals surface area contributed by atoms with Crippen LogP contribution in [0.25, 0.3) is 0 Å². The van der Waals surface area contributed by atoms with E-state index in [2.05, 4.69) is 10.6 Å². The Bertz CT molecular complexity index is 489. The van der Waals surface area contributed by atoms with E-state index in [1.54, 1.807) is 31.2 Å².